The molecular formula is C19H19N3. The summed E-state index contributed by atoms with van der Waals surface area (Å²) in [6.07, 6.45) is 1.03. The Bertz CT molecular complexity index is 743. The predicted molar refractivity (Wildman–Crippen MR) is 90.7 cm³/mol. The third-order valence-electron chi connectivity index (χ3n) is 4.25. The Morgan fingerprint density at radius 1 is 0.909 bits per heavy atom. The minimum absolute atomic E-state index is 0.984. The molecule has 0 radical (unpaired) electrons. The SMILES string of the molecule is Cc1ccc(-c2nn(-c3ccc(C)cc3)c3c2CCN3)cc1. The fourth-order valence-electron chi connectivity index (χ4n) is 2.99. The van der Waals surface area contributed by atoms with Crippen LogP contribution in [-0.4, -0.2) is 16.3 Å². The number of nitrogens with one attached hydrogen (secondary N) is 1. The van der Waals surface area contributed by atoms with E-state index in [0.29, 0.717) is 0 Å². The summed E-state index contributed by atoms with van der Waals surface area (Å²) in [5, 5.41) is 8.37. The number of nitrogens with zero attached hydrogens (tertiary/aromatic N) is 2. The van der Waals surface area contributed by atoms with Crippen molar-refractivity contribution in [1.82, 2.24) is 9.78 Å². The number of rotatable bonds is 2. The van der Waals surface area contributed by atoms with Crippen molar-refractivity contribution < 1.29 is 0 Å². The largest absolute Gasteiger partial charge is 0.369 e. The molecule has 0 saturated heterocycles. The van der Waals surface area contributed by atoms with Crippen molar-refractivity contribution in [2.45, 2.75) is 20.3 Å². The lowest BCUT2D eigenvalue weighted by atomic mass is 10.1. The molecule has 0 fully saturated rings. The fraction of sp³-hybridized carbons (Fsp3) is 0.211. The maximum absolute atomic E-state index is 4.89. The molecule has 0 bridgehead atoms. The number of aryl methyl sites for hydroxylation is 2. The average molecular weight is 289 g/mol. The summed E-state index contributed by atoms with van der Waals surface area (Å²) >= 11 is 0. The molecule has 2 heterocycles. The predicted octanol–water partition coefficient (Wildman–Crippen LogP) is 4.12. The van der Waals surface area contributed by atoms with Crippen molar-refractivity contribution in [2.75, 3.05) is 11.9 Å². The van der Waals surface area contributed by atoms with E-state index in [-0.39, 0.29) is 0 Å². The summed E-state index contributed by atoms with van der Waals surface area (Å²) in [6.45, 7) is 5.20. The van der Waals surface area contributed by atoms with E-state index in [2.05, 4.69) is 67.7 Å². The number of anilines is 1. The van der Waals surface area contributed by atoms with Gasteiger partial charge in [0.2, 0.25) is 0 Å². The molecule has 3 nitrogen and oxygen atoms in total. The van der Waals surface area contributed by atoms with Gasteiger partial charge in [0, 0.05) is 17.7 Å². The molecule has 110 valence electrons. The van der Waals surface area contributed by atoms with Crippen molar-refractivity contribution >= 4 is 5.82 Å². The Hall–Kier alpha value is -2.55. The molecule has 0 unspecified atom stereocenters. The summed E-state index contributed by atoms with van der Waals surface area (Å²) in [5.41, 5.74) is 7.26. The third kappa shape index (κ3) is 2.10. The average Bonchev–Trinajstić information content (AvgIpc) is 3.12. The zero-order valence-electron chi connectivity index (χ0n) is 12.9. The van der Waals surface area contributed by atoms with Crippen LogP contribution >= 0.6 is 0 Å². The van der Waals surface area contributed by atoms with Crippen LogP contribution in [0.1, 0.15) is 16.7 Å². The molecule has 1 aromatic heterocycles. The van der Waals surface area contributed by atoms with E-state index < -0.39 is 0 Å². The Morgan fingerprint density at radius 3 is 2.23 bits per heavy atom. The maximum atomic E-state index is 4.89. The van der Waals surface area contributed by atoms with Crippen molar-refractivity contribution in [3.63, 3.8) is 0 Å². The van der Waals surface area contributed by atoms with Crippen LogP contribution in [0.15, 0.2) is 48.5 Å². The lowest BCUT2D eigenvalue weighted by Crippen LogP contribution is -2.04. The molecule has 1 aliphatic rings. The molecular weight excluding hydrogens is 270 g/mol. The first-order valence-corrected chi connectivity index (χ1v) is 7.72. The van der Waals surface area contributed by atoms with Gasteiger partial charge in [0.1, 0.15) is 5.82 Å². The minimum Gasteiger partial charge on any atom is -0.369 e. The molecule has 3 heteroatoms. The highest BCUT2D eigenvalue weighted by Crippen LogP contribution is 2.34. The standard InChI is InChI=1S/C19H19N3/c1-13-3-7-15(8-4-13)18-17-11-12-20-19(17)22(21-18)16-9-5-14(2)6-10-16/h3-10,20H,11-12H2,1-2H3. The van der Waals surface area contributed by atoms with Crippen molar-refractivity contribution in [3.8, 4) is 16.9 Å². The number of aromatic nitrogens is 2. The summed E-state index contributed by atoms with van der Waals surface area (Å²) < 4.78 is 2.04. The number of benzene rings is 2. The van der Waals surface area contributed by atoms with Crippen LogP contribution in [0.5, 0.6) is 0 Å². The molecule has 22 heavy (non-hydrogen) atoms. The van der Waals surface area contributed by atoms with E-state index in [1.54, 1.807) is 0 Å². The van der Waals surface area contributed by atoms with Gasteiger partial charge in [0.15, 0.2) is 0 Å². The minimum atomic E-state index is 0.984. The first-order chi connectivity index (χ1) is 10.7. The van der Waals surface area contributed by atoms with Gasteiger partial charge in [0.05, 0.1) is 11.4 Å². The number of fused-ring (bicyclic) bond motifs is 1. The van der Waals surface area contributed by atoms with E-state index in [1.165, 1.54) is 22.3 Å². The first kappa shape index (κ1) is 13.1. The van der Waals surface area contributed by atoms with Gasteiger partial charge in [-0.25, -0.2) is 4.68 Å². The number of hydrogen-bond acceptors (Lipinski definition) is 2. The summed E-state index contributed by atoms with van der Waals surface area (Å²) in [7, 11) is 0. The second kappa shape index (κ2) is 5.02. The smallest absolute Gasteiger partial charge is 0.133 e. The van der Waals surface area contributed by atoms with Crippen LogP contribution in [0.3, 0.4) is 0 Å². The lowest BCUT2D eigenvalue weighted by Gasteiger charge is -2.06. The first-order valence-electron chi connectivity index (χ1n) is 7.72. The molecule has 0 spiro atoms. The Labute approximate surface area is 130 Å². The lowest BCUT2D eigenvalue weighted by molar-refractivity contribution is 0.882. The third-order valence-corrected chi connectivity index (χ3v) is 4.25. The molecule has 1 aliphatic heterocycles. The van der Waals surface area contributed by atoms with Gasteiger partial charge in [-0.05, 0) is 32.4 Å². The molecule has 1 N–H and O–H groups in total. The van der Waals surface area contributed by atoms with E-state index in [4.69, 9.17) is 5.10 Å². The van der Waals surface area contributed by atoms with Crippen LogP contribution in [-0.2, 0) is 6.42 Å². The van der Waals surface area contributed by atoms with Crippen LogP contribution < -0.4 is 5.32 Å². The molecule has 3 aromatic rings. The highest BCUT2D eigenvalue weighted by Gasteiger charge is 2.23. The second-order valence-corrected chi connectivity index (χ2v) is 5.97. The topological polar surface area (TPSA) is 29.9 Å². The molecule has 4 rings (SSSR count). The summed E-state index contributed by atoms with van der Waals surface area (Å²) in [4.78, 5) is 0. The van der Waals surface area contributed by atoms with Gasteiger partial charge in [-0.15, -0.1) is 0 Å². The quantitative estimate of drug-likeness (QED) is 0.769. The van der Waals surface area contributed by atoms with E-state index in [9.17, 15) is 0 Å². The van der Waals surface area contributed by atoms with Crippen LogP contribution in [0.2, 0.25) is 0 Å². The van der Waals surface area contributed by atoms with Crippen LogP contribution in [0.25, 0.3) is 16.9 Å². The van der Waals surface area contributed by atoms with Crippen LogP contribution in [0, 0.1) is 13.8 Å². The van der Waals surface area contributed by atoms with E-state index >= 15 is 0 Å². The maximum Gasteiger partial charge on any atom is 0.133 e. The Morgan fingerprint density at radius 2 is 1.55 bits per heavy atom. The molecule has 0 aliphatic carbocycles. The summed E-state index contributed by atoms with van der Waals surface area (Å²) in [5.74, 6) is 1.14. The Kier molecular flexibility index (Phi) is 3.00. The summed E-state index contributed by atoms with van der Waals surface area (Å²) in [6, 6.07) is 17.1. The van der Waals surface area contributed by atoms with Crippen molar-refractivity contribution in [2.24, 2.45) is 0 Å². The van der Waals surface area contributed by atoms with Crippen molar-refractivity contribution in [3.05, 3.63) is 65.2 Å². The van der Waals surface area contributed by atoms with Crippen molar-refractivity contribution in [1.29, 1.82) is 0 Å². The zero-order chi connectivity index (χ0) is 15.1. The molecule has 0 amide bonds. The second-order valence-electron chi connectivity index (χ2n) is 5.97. The zero-order valence-corrected chi connectivity index (χ0v) is 12.9. The van der Waals surface area contributed by atoms with E-state index in [1.807, 2.05) is 4.68 Å². The van der Waals surface area contributed by atoms with Gasteiger partial charge in [-0.1, -0.05) is 47.5 Å². The van der Waals surface area contributed by atoms with Gasteiger partial charge in [-0.3, -0.25) is 0 Å². The van der Waals surface area contributed by atoms with Gasteiger partial charge in [-0.2, -0.15) is 5.10 Å². The van der Waals surface area contributed by atoms with Gasteiger partial charge in [0.25, 0.3) is 0 Å². The fourth-order valence-corrected chi connectivity index (χ4v) is 2.99. The van der Waals surface area contributed by atoms with Gasteiger partial charge >= 0.3 is 0 Å². The van der Waals surface area contributed by atoms with E-state index in [0.717, 1.165) is 30.2 Å². The monoisotopic (exact) mass is 289 g/mol. The highest BCUT2D eigenvalue weighted by atomic mass is 15.3. The van der Waals surface area contributed by atoms with Crippen LogP contribution in [0.4, 0.5) is 5.82 Å². The molecule has 0 saturated carbocycles. The normalized spacial score (nSPS) is 13.0. The molecule has 0 atom stereocenters. The number of hydrogen-bond donors (Lipinski definition) is 1. The Balaban J connectivity index is 1.86. The van der Waals surface area contributed by atoms with Gasteiger partial charge < -0.3 is 5.32 Å². The molecule has 2 aromatic carbocycles. The highest BCUT2D eigenvalue weighted by molar-refractivity contribution is 5.72.